The molecule has 0 fully saturated rings. The highest BCUT2D eigenvalue weighted by Gasteiger charge is 2.10. The van der Waals surface area contributed by atoms with E-state index in [0.717, 1.165) is 28.3 Å². The summed E-state index contributed by atoms with van der Waals surface area (Å²) in [5.41, 5.74) is 3.59. The van der Waals surface area contributed by atoms with E-state index < -0.39 is 0 Å². The number of anilines is 1. The quantitative estimate of drug-likeness (QED) is 0.536. The molecule has 2 heterocycles. The van der Waals surface area contributed by atoms with Crippen molar-refractivity contribution >= 4 is 22.4 Å². The topological polar surface area (TPSA) is 69.0 Å². The minimum absolute atomic E-state index is 0.122. The summed E-state index contributed by atoms with van der Waals surface area (Å²) in [6.07, 6.45) is 3.81. The second-order valence-corrected chi connectivity index (χ2v) is 6.98. The molecule has 0 radical (unpaired) electrons. The van der Waals surface area contributed by atoms with Crippen LogP contribution in [0.4, 0.5) is 5.13 Å². The molecular formula is C21H18N4O2S. The van der Waals surface area contributed by atoms with E-state index in [1.165, 1.54) is 11.3 Å². The monoisotopic (exact) mass is 390 g/mol. The van der Waals surface area contributed by atoms with Crippen LogP contribution in [0.3, 0.4) is 0 Å². The predicted octanol–water partition coefficient (Wildman–Crippen LogP) is 4.19. The summed E-state index contributed by atoms with van der Waals surface area (Å²) >= 11 is 1.40. The minimum atomic E-state index is -0.122. The van der Waals surface area contributed by atoms with Crippen LogP contribution >= 0.6 is 11.3 Å². The molecule has 0 spiro atoms. The first-order chi connectivity index (χ1) is 13.7. The van der Waals surface area contributed by atoms with Gasteiger partial charge in [0.05, 0.1) is 31.1 Å². The molecule has 1 amide bonds. The lowest BCUT2D eigenvalue weighted by atomic mass is 10.2. The molecule has 0 unspecified atom stereocenters. The Kier molecular flexibility index (Phi) is 5.16. The minimum Gasteiger partial charge on any atom is -0.497 e. The van der Waals surface area contributed by atoms with Gasteiger partial charge in [-0.25, -0.2) is 9.67 Å². The van der Waals surface area contributed by atoms with Gasteiger partial charge < -0.3 is 10.1 Å². The number of benzene rings is 2. The van der Waals surface area contributed by atoms with Crippen molar-refractivity contribution in [2.45, 2.75) is 6.42 Å². The molecule has 4 aromatic rings. The van der Waals surface area contributed by atoms with Gasteiger partial charge in [-0.15, -0.1) is 11.3 Å². The van der Waals surface area contributed by atoms with E-state index >= 15 is 0 Å². The van der Waals surface area contributed by atoms with Gasteiger partial charge in [-0.05, 0) is 42.0 Å². The fraction of sp³-hybridized carbons (Fsp3) is 0.0952. The Bertz CT molecular complexity index is 1070. The van der Waals surface area contributed by atoms with Gasteiger partial charge in [0, 0.05) is 17.1 Å². The van der Waals surface area contributed by atoms with E-state index in [1.807, 2.05) is 66.2 Å². The highest BCUT2D eigenvalue weighted by Crippen LogP contribution is 2.26. The van der Waals surface area contributed by atoms with Gasteiger partial charge in [-0.1, -0.05) is 18.2 Å². The van der Waals surface area contributed by atoms with Gasteiger partial charge in [0.1, 0.15) is 5.75 Å². The van der Waals surface area contributed by atoms with Gasteiger partial charge in [-0.3, -0.25) is 4.79 Å². The first-order valence-electron chi connectivity index (χ1n) is 8.70. The SMILES string of the molecule is COc1ccc(-c2csc(NC(=O)Cc3cnn(-c4ccccc4)c3)n2)cc1. The van der Waals surface area contributed by atoms with Crippen LogP contribution in [0.1, 0.15) is 5.56 Å². The van der Waals surface area contributed by atoms with Crippen molar-refractivity contribution in [1.82, 2.24) is 14.8 Å². The number of amides is 1. The molecule has 2 aromatic carbocycles. The number of ether oxygens (including phenoxy) is 1. The largest absolute Gasteiger partial charge is 0.497 e. The number of methoxy groups -OCH3 is 1. The Morgan fingerprint density at radius 2 is 1.93 bits per heavy atom. The molecule has 1 N–H and O–H groups in total. The van der Waals surface area contributed by atoms with Crippen LogP contribution < -0.4 is 10.1 Å². The van der Waals surface area contributed by atoms with Crippen LogP contribution in [0, 0.1) is 0 Å². The number of hydrogen-bond acceptors (Lipinski definition) is 5. The fourth-order valence-electron chi connectivity index (χ4n) is 2.75. The Hall–Kier alpha value is -3.45. The number of para-hydroxylation sites is 1. The molecule has 0 aliphatic heterocycles. The zero-order chi connectivity index (χ0) is 19.3. The second-order valence-electron chi connectivity index (χ2n) is 6.12. The van der Waals surface area contributed by atoms with Crippen LogP contribution in [-0.2, 0) is 11.2 Å². The van der Waals surface area contributed by atoms with Crippen molar-refractivity contribution in [3.8, 4) is 22.7 Å². The van der Waals surface area contributed by atoms with Crippen molar-refractivity contribution in [1.29, 1.82) is 0 Å². The Balaban J connectivity index is 1.39. The first kappa shape index (κ1) is 17.9. The molecule has 0 atom stereocenters. The normalized spacial score (nSPS) is 10.6. The fourth-order valence-corrected chi connectivity index (χ4v) is 3.48. The van der Waals surface area contributed by atoms with E-state index in [-0.39, 0.29) is 12.3 Å². The number of hydrogen-bond donors (Lipinski definition) is 1. The van der Waals surface area contributed by atoms with Crippen LogP contribution in [0.2, 0.25) is 0 Å². The summed E-state index contributed by atoms with van der Waals surface area (Å²) in [5.74, 6) is 0.673. The maximum Gasteiger partial charge on any atom is 0.230 e. The molecule has 140 valence electrons. The molecule has 0 bridgehead atoms. The number of carbonyl (C=O) groups excluding carboxylic acids is 1. The Morgan fingerprint density at radius 1 is 1.14 bits per heavy atom. The summed E-state index contributed by atoms with van der Waals surface area (Å²) in [7, 11) is 1.63. The standard InChI is InChI=1S/C21H18N4O2S/c1-27-18-9-7-16(8-10-18)19-14-28-21(23-19)24-20(26)11-15-12-22-25(13-15)17-5-3-2-4-6-17/h2-10,12-14H,11H2,1H3,(H,23,24,26). The van der Waals surface area contributed by atoms with Crippen LogP contribution in [0.15, 0.2) is 72.4 Å². The van der Waals surface area contributed by atoms with Gasteiger partial charge in [-0.2, -0.15) is 5.10 Å². The highest BCUT2D eigenvalue weighted by atomic mass is 32.1. The number of nitrogens with one attached hydrogen (secondary N) is 1. The zero-order valence-corrected chi connectivity index (χ0v) is 16.0. The molecule has 7 heteroatoms. The molecule has 0 saturated carbocycles. The highest BCUT2D eigenvalue weighted by molar-refractivity contribution is 7.14. The van der Waals surface area contributed by atoms with E-state index in [1.54, 1.807) is 18.0 Å². The average molecular weight is 390 g/mol. The molecule has 0 aliphatic rings. The lowest BCUT2D eigenvalue weighted by molar-refractivity contribution is -0.115. The van der Waals surface area contributed by atoms with E-state index in [4.69, 9.17) is 4.74 Å². The summed E-state index contributed by atoms with van der Waals surface area (Å²) in [5, 5.41) is 9.67. The smallest absolute Gasteiger partial charge is 0.230 e. The van der Waals surface area contributed by atoms with Crippen molar-refractivity contribution in [2.75, 3.05) is 12.4 Å². The number of carbonyl (C=O) groups is 1. The molecule has 2 aromatic heterocycles. The lowest BCUT2D eigenvalue weighted by Gasteiger charge is -2.01. The number of nitrogens with zero attached hydrogens (tertiary/aromatic N) is 3. The molecule has 28 heavy (non-hydrogen) atoms. The summed E-state index contributed by atoms with van der Waals surface area (Å²) in [6, 6.07) is 17.4. The third-order valence-corrected chi connectivity index (χ3v) is 4.92. The third-order valence-electron chi connectivity index (χ3n) is 4.16. The first-order valence-corrected chi connectivity index (χ1v) is 9.58. The average Bonchev–Trinajstić information content (AvgIpc) is 3.38. The van der Waals surface area contributed by atoms with E-state index in [9.17, 15) is 4.79 Å². The van der Waals surface area contributed by atoms with Gasteiger partial charge in [0.25, 0.3) is 0 Å². The summed E-state index contributed by atoms with van der Waals surface area (Å²) < 4.78 is 6.93. The van der Waals surface area contributed by atoms with E-state index in [2.05, 4.69) is 15.4 Å². The molecular weight excluding hydrogens is 372 g/mol. The molecule has 4 rings (SSSR count). The lowest BCUT2D eigenvalue weighted by Crippen LogP contribution is -2.13. The van der Waals surface area contributed by atoms with Gasteiger partial charge >= 0.3 is 0 Å². The van der Waals surface area contributed by atoms with Gasteiger partial charge in [0.15, 0.2) is 5.13 Å². The second kappa shape index (κ2) is 8.06. The van der Waals surface area contributed by atoms with Crippen LogP contribution in [0.5, 0.6) is 5.75 Å². The zero-order valence-electron chi connectivity index (χ0n) is 15.2. The molecule has 6 nitrogen and oxygen atoms in total. The van der Waals surface area contributed by atoms with Gasteiger partial charge in [0.2, 0.25) is 5.91 Å². The Labute approximate surface area is 166 Å². The maximum absolute atomic E-state index is 12.4. The van der Waals surface area contributed by atoms with E-state index in [0.29, 0.717) is 5.13 Å². The number of aromatic nitrogens is 3. The van der Waals surface area contributed by atoms with Crippen molar-refractivity contribution in [2.24, 2.45) is 0 Å². The van der Waals surface area contributed by atoms with Crippen molar-refractivity contribution in [3.63, 3.8) is 0 Å². The maximum atomic E-state index is 12.4. The van der Waals surface area contributed by atoms with Crippen molar-refractivity contribution < 1.29 is 9.53 Å². The van der Waals surface area contributed by atoms with Crippen LogP contribution in [0.25, 0.3) is 16.9 Å². The third kappa shape index (κ3) is 4.10. The number of thiazole rings is 1. The summed E-state index contributed by atoms with van der Waals surface area (Å²) in [4.78, 5) is 16.9. The Morgan fingerprint density at radius 3 is 2.68 bits per heavy atom. The number of rotatable bonds is 6. The van der Waals surface area contributed by atoms with Crippen LogP contribution in [-0.4, -0.2) is 27.8 Å². The van der Waals surface area contributed by atoms with Crippen molar-refractivity contribution in [3.05, 3.63) is 77.9 Å². The predicted molar refractivity (Wildman–Crippen MR) is 110 cm³/mol. The molecule has 0 aliphatic carbocycles. The summed E-state index contributed by atoms with van der Waals surface area (Å²) in [6.45, 7) is 0. The molecule has 0 saturated heterocycles.